The van der Waals surface area contributed by atoms with Crippen molar-refractivity contribution < 1.29 is 28.6 Å². The number of aromatic nitrogens is 3. The van der Waals surface area contributed by atoms with Crippen molar-refractivity contribution in [2.24, 2.45) is 7.05 Å². The molecule has 4 rings (SSSR count). The fourth-order valence-corrected chi connectivity index (χ4v) is 6.09. The number of nitrogens with one attached hydrogen (secondary N) is 2. The van der Waals surface area contributed by atoms with Crippen LogP contribution in [0.2, 0.25) is 0 Å². The van der Waals surface area contributed by atoms with Gasteiger partial charge in [0.25, 0.3) is 5.91 Å². The summed E-state index contributed by atoms with van der Waals surface area (Å²) in [5.74, 6) is 0.633. The first-order valence-corrected chi connectivity index (χ1v) is 13.8. The Kier molecular flexibility index (Phi) is 8.89. The molecule has 0 aliphatic heterocycles. The van der Waals surface area contributed by atoms with Crippen LogP contribution in [0, 0.1) is 0 Å². The number of hydrogen-bond acceptors (Lipinski definition) is 10. The van der Waals surface area contributed by atoms with Crippen LogP contribution < -0.4 is 20.1 Å². The quantitative estimate of drug-likeness (QED) is 0.268. The number of nitrogens with zero attached hydrogens (tertiary/aromatic N) is 3. The molecule has 2 aromatic heterocycles. The minimum atomic E-state index is -0.400. The monoisotopic (exact) mass is 559 g/mol. The molecule has 3 aromatic rings. The second-order valence-electron chi connectivity index (χ2n) is 8.33. The summed E-state index contributed by atoms with van der Waals surface area (Å²) >= 11 is 2.65. The molecule has 2 amide bonds. The van der Waals surface area contributed by atoms with Gasteiger partial charge in [0.05, 0.1) is 38.7 Å². The number of carbonyl (C=O) groups excluding carboxylic acids is 3. The Balaban J connectivity index is 1.34. The predicted octanol–water partition coefficient (Wildman–Crippen LogP) is 3.22. The number of ether oxygens (including phenoxy) is 3. The van der Waals surface area contributed by atoms with E-state index in [1.54, 1.807) is 36.7 Å². The molecular weight excluding hydrogens is 530 g/mol. The number of anilines is 1. The Bertz CT molecular complexity index is 1350. The third-order valence-corrected chi connectivity index (χ3v) is 8.19. The van der Waals surface area contributed by atoms with Gasteiger partial charge in [-0.25, -0.2) is 4.79 Å². The van der Waals surface area contributed by atoms with Gasteiger partial charge in [0.2, 0.25) is 5.91 Å². The molecule has 0 unspecified atom stereocenters. The summed E-state index contributed by atoms with van der Waals surface area (Å²) < 4.78 is 17.4. The molecule has 0 atom stereocenters. The number of benzene rings is 1. The maximum atomic E-state index is 12.7. The molecule has 1 aromatic carbocycles. The van der Waals surface area contributed by atoms with Gasteiger partial charge in [-0.15, -0.1) is 21.5 Å². The zero-order chi connectivity index (χ0) is 27.2. The lowest BCUT2D eigenvalue weighted by Crippen LogP contribution is -2.24. The Morgan fingerprint density at radius 1 is 1.13 bits per heavy atom. The lowest BCUT2D eigenvalue weighted by Gasteiger charge is -2.10. The van der Waals surface area contributed by atoms with Gasteiger partial charge in [-0.2, -0.15) is 0 Å². The van der Waals surface area contributed by atoms with Crippen LogP contribution in [-0.2, 0) is 36.0 Å². The zero-order valence-corrected chi connectivity index (χ0v) is 23.2. The van der Waals surface area contributed by atoms with E-state index in [4.69, 9.17) is 14.2 Å². The molecule has 13 heteroatoms. The van der Waals surface area contributed by atoms with Crippen molar-refractivity contribution in [3.05, 3.63) is 45.6 Å². The van der Waals surface area contributed by atoms with Gasteiger partial charge in [-0.3, -0.25) is 9.59 Å². The zero-order valence-electron chi connectivity index (χ0n) is 21.6. The SMILES string of the molecule is CCOC(=O)c1c(NC(=O)CSc2nnc(CNC(=O)c3ccc(OC)c(OC)c3)n2C)sc2c1CCC2. The number of thiophene rings is 1. The fraction of sp³-hybridized carbons (Fsp3) is 0.400. The van der Waals surface area contributed by atoms with Gasteiger partial charge in [0, 0.05) is 17.5 Å². The van der Waals surface area contributed by atoms with Gasteiger partial charge in [0.1, 0.15) is 5.00 Å². The van der Waals surface area contributed by atoms with E-state index in [2.05, 4.69) is 20.8 Å². The summed E-state index contributed by atoms with van der Waals surface area (Å²) in [6.45, 7) is 2.18. The molecule has 0 radical (unpaired) electrons. The lowest BCUT2D eigenvalue weighted by atomic mass is 10.1. The number of esters is 1. The topological polar surface area (TPSA) is 134 Å². The molecule has 38 heavy (non-hydrogen) atoms. The molecule has 202 valence electrons. The van der Waals surface area contributed by atoms with Crippen LogP contribution in [0.5, 0.6) is 11.5 Å². The summed E-state index contributed by atoms with van der Waals surface area (Å²) in [6, 6.07) is 4.90. The number of thioether (sulfide) groups is 1. The minimum absolute atomic E-state index is 0.0782. The van der Waals surface area contributed by atoms with Crippen LogP contribution in [0.3, 0.4) is 0 Å². The van der Waals surface area contributed by atoms with E-state index in [-0.39, 0.29) is 30.7 Å². The van der Waals surface area contributed by atoms with E-state index in [9.17, 15) is 14.4 Å². The van der Waals surface area contributed by atoms with Crippen molar-refractivity contribution in [2.75, 3.05) is 31.9 Å². The van der Waals surface area contributed by atoms with Crippen molar-refractivity contribution in [2.45, 2.75) is 37.9 Å². The fourth-order valence-electron chi connectivity index (χ4n) is 4.07. The summed E-state index contributed by atoms with van der Waals surface area (Å²) in [5, 5.41) is 15.0. The number of hydrogen-bond donors (Lipinski definition) is 2. The van der Waals surface area contributed by atoms with Crippen LogP contribution in [0.25, 0.3) is 0 Å². The normalized spacial score (nSPS) is 12.1. The van der Waals surface area contributed by atoms with E-state index in [1.165, 1.54) is 37.3 Å². The summed E-state index contributed by atoms with van der Waals surface area (Å²) in [4.78, 5) is 39.0. The van der Waals surface area contributed by atoms with Crippen LogP contribution in [0.4, 0.5) is 5.00 Å². The van der Waals surface area contributed by atoms with Crippen molar-refractivity contribution in [3.63, 3.8) is 0 Å². The maximum absolute atomic E-state index is 12.7. The Hall–Kier alpha value is -3.58. The van der Waals surface area contributed by atoms with Crippen molar-refractivity contribution in [1.82, 2.24) is 20.1 Å². The van der Waals surface area contributed by atoms with E-state index in [0.717, 1.165) is 29.7 Å². The average molecular weight is 560 g/mol. The average Bonchev–Trinajstić information content (AvgIpc) is 3.60. The largest absolute Gasteiger partial charge is 0.493 e. The molecule has 0 spiro atoms. The molecule has 2 N–H and O–H groups in total. The summed E-state index contributed by atoms with van der Waals surface area (Å²) in [6.07, 6.45) is 2.72. The summed E-state index contributed by atoms with van der Waals surface area (Å²) in [7, 11) is 4.80. The molecular formula is C25H29N5O6S2. The number of rotatable bonds is 11. The standard InChI is InChI=1S/C25H29N5O6S2/c1-5-36-24(33)21-15-7-6-8-18(15)38-23(21)27-20(31)13-37-25-29-28-19(30(25)2)12-26-22(32)14-9-10-16(34-3)17(11-14)35-4/h9-11H,5-8,12-13H2,1-4H3,(H,26,32)(H,27,31). The number of fused-ring (bicyclic) bond motifs is 1. The van der Waals surface area contributed by atoms with E-state index >= 15 is 0 Å². The smallest absolute Gasteiger partial charge is 0.341 e. The first kappa shape index (κ1) is 27.5. The molecule has 0 bridgehead atoms. The van der Waals surface area contributed by atoms with Crippen LogP contribution in [0.1, 0.15) is 50.3 Å². The highest BCUT2D eigenvalue weighted by molar-refractivity contribution is 7.99. The van der Waals surface area contributed by atoms with Gasteiger partial charge in [0.15, 0.2) is 22.5 Å². The molecule has 0 saturated carbocycles. The van der Waals surface area contributed by atoms with Crippen molar-refractivity contribution >= 4 is 45.9 Å². The van der Waals surface area contributed by atoms with E-state index in [1.807, 2.05) is 0 Å². The first-order chi connectivity index (χ1) is 18.4. The highest BCUT2D eigenvalue weighted by Gasteiger charge is 2.28. The maximum Gasteiger partial charge on any atom is 0.341 e. The van der Waals surface area contributed by atoms with Crippen LogP contribution in [0.15, 0.2) is 23.4 Å². The lowest BCUT2D eigenvalue weighted by molar-refractivity contribution is -0.113. The molecule has 1 aliphatic rings. The molecule has 0 fully saturated rings. The second-order valence-corrected chi connectivity index (χ2v) is 10.4. The van der Waals surface area contributed by atoms with Gasteiger partial charge < -0.3 is 29.4 Å². The van der Waals surface area contributed by atoms with Gasteiger partial charge >= 0.3 is 5.97 Å². The minimum Gasteiger partial charge on any atom is -0.493 e. The van der Waals surface area contributed by atoms with Crippen molar-refractivity contribution in [1.29, 1.82) is 0 Å². The first-order valence-electron chi connectivity index (χ1n) is 12.0. The highest BCUT2D eigenvalue weighted by atomic mass is 32.2. The van der Waals surface area contributed by atoms with Crippen LogP contribution in [-0.4, -0.2) is 59.1 Å². The second kappa shape index (κ2) is 12.3. The van der Waals surface area contributed by atoms with Gasteiger partial charge in [-0.05, 0) is 49.9 Å². The third-order valence-electron chi connectivity index (χ3n) is 5.96. The number of methoxy groups -OCH3 is 2. The van der Waals surface area contributed by atoms with E-state index < -0.39 is 5.97 Å². The van der Waals surface area contributed by atoms with E-state index in [0.29, 0.717) is 38.6 Å². The molecule has 2 heterocycles. The highest BCUT2D eigenvalue weighted by Crippen LogP contribution is 2.39. The molecule has 0 saturated heterocycles. The summed E-state index contributed by atoms with van der Waals surface area (Å²) in [5.41, 5.74) is 1.89. The predicted molar refractivity (Wildman–Crippen MR) is 143 cm³/mol. The third kappa shape index (κ3) is 5.94. The van der Waals surface area contributed by atoms with Gasteiger partial charge in [-0.1, -0.05) is 11.8 Å². The number of aryl methyl sites for hydroxylation is 1. The Morgan fingerprint density at radius 2 is 1.92 bits per heavy atom. The van der Waals surface area contributed by atoms with Crippen molar-refractivity contribution in [3.8, 4) is 11.5 Å². The Labute approximate surface area is 228 Å². The number of carbonyl (C=O) groups is 3. The number of amides is 2. The molecule has 1 aliphatic carbocycles. The Morgan fingerprint density at radius 3 is 2.66 bits per heavy atom. The van der Waals surface area contributed by atoms with Crippen LogP contribution >= 0.6 is 23.1 Å². The molecule has 11 nitrogen and oxygen atoms in total.